The normalized spacial score (nSPS) is 13.1. The molecule has 0 heterocycles. The first kappa shape index (κ1) is 28.3. The first-order chi connectivity index (χ1) is 16.7. The molecular weight excluding hydrogens is 444 g/mol. The molecule has 0 saturated carbocycles. The lowest BCUT2D eigenvalue weighted by atomic mass is 9.66. The van der Waals surface area contributed by atoms with E-state index in [0.29, 0.717) is 17.9 Å². The summed E-state index contributed by atoms with van der Waals surface area (Å²) in [7, 11) is 10.2. The number of nitriles is 1. The lowest BCUT2D eigenvalue weighted by molar-refractivity contribution is -0.0308. The van der Waals surface area contributed by atoms with Crippen molar-refractivity contribution in [2.75, 3.05) is 55.7 Å². The fourth-order valence-corrected chi connectivity index (χ4v) is 4.41. The predicted molar refractivity (Wildman–Crippen MR) is 138 cm³/mol. The lowest BCUT2D eigenvalue weighted by Crippen LogP contribution is -2.48. The van der Waals surface area contributed by atoms with E-state index in [1.54, 1.807) is 35.5 Å². The van der Waals surface area contributed by atoms with Crippen LogP contribution < -0.4 is 18.9 Å². The zero-order valence-corrected chi connectivity index (χ0v) is 22.4. The molecule has 0 aliphatic rings. The number of rotatable bonds is 14. The number of methoxy groups -OCH3 is 5. The summed E-state index contributed by atoms with van der Waals surface area (Å²) in [5.41, 5.74) is 0.481. The summed E-state index contributed by atoms with van der Waals surface area (Å²) in [5, 5.41) is 10.5. The van der Waals surface area contributed by atoms with Crippen LogP contribution in [0, 0.1) is 11.3 Å². The summed E-state index contributed by atoms with van der Waals surface area (Å²) < 4.78 is 27.5. The first-order valence-corrected chi connectivity index (χ1v) is 11.8. The Hall–Kier alpha value is -2.95. The molecule has 0 bridgehead atoms. The van der Waals surface area contributed by atoms with Crippen molar-refractivity contribution in [3.05, 3.63) is 47.5 Å². The molecule has 35 heavy (non-hydrogen) atoms. The van der Waals surface area contributed by atoms with E-state index in [0.717, 1.165) is 43.0 Å². The van der Waals surface area contributed by atoms with Crippen molar-refractivity contribution in [2.24, 2.45) is 0 Å². The standard InChI is InChI=1S/C28H40N2O5/c1-27(2,35-8)28(20-29,22-11-13-24(32-5)26(19-22)34-7)15-9-16-30(3)17-14-21-10-12-23(31-4)25(18-21)33-6/h10-13,18-19H,9,14-17H2,1-8H3/t28-/m1/s1. The van der Waals surface area contributed by atoms with Crippen LogP contribution in [0.1, 0.15) is 37.8 Å². The van der Waals surface area contributed by atoms with E-state index in [1.807, 2.05) is 44.2 Å². The second kappa shape index (κ2) is 12.7. The van der Waals surface area contributed by atoms with Gasteiger partial charge in [-0.15, -0.1) is 0 Å². The average molecular weight is 485 g/mol. The van der Waals surface area contributed by atoms with Gasteiger partial charge in [-0.2, -0.15) is 5.26 Å². The molecule has 0 aliphatic heterocycles. The second-order valence-corrected chi connectivity index (χ2v) is 9.15. The zero-order valence-electron chi connectivity index (χ0n) is 22.4. The molecule has 7 nitrogen and oxygen atoms in total. The van der Waals surface area contributed by atoms with Gasteiger partial charge >= 0.3 is 0 Å². The molecule has 7 heteroatoms. The van der Waals surface area contributed by atoms with Crippen LogP contribution in [0.5, 0.6) is 23.0 Å². The van der Waals surface area contributed by atoms with Gasteiger partial charge in [-0.25, -0.2) is 0 Å². The molecule has 192 valence electrons. The molecular formula is C28H40N2O5. The SMILES string of the molecule is COc1ccc(CCN(C)CCC[C@@](C#N)(c2ccc(OC)c(OC)c2)C(C)(C)OC)cc1OC. The van der Waals surface area contributed by atoms with Crippen LogP contribution in [0.2, 0.25) is 0 Å². The molecule has 2 aromatic rings. The van der Waals surface area contributed by atoms with Crippen LogP contribution in [-0.4, -0.2) is 66.2 Å². The summed E-state index contributed by atoms with van der Waals surface area (Å²) in [4.78, 5) is 2.28. The summed E-state index contributed by atoms with van der Waals surface area (Å²) in [6, 6.07) is 14.3. The van der Waals surface area contributed by atoms with Crippen molar-refractivity contribution in [3.8, 4) is 29.1 Å². The molecule has 0 N–H and O–H groups in total. The minimum absolute atomic E-state index is 0.601. The number of hydrogen-bond donors (Lipinski definition) is 0. The van der Waals surface area contributed by atoms with Crippen molar-refractivity contribution in [2.45, 2.75) is 44.1 Å². The van der Waals surface area contributed by atoms with Crippen molar-refractivity contribution in [3.63, 3.8) is 0 Å². The van der Waals surface area contributed by atoms with E-state index >= 15 is 0 Å². The molecule has 0 aromatic heterocycles. The van der Waals surface area contributed by atoms with Crippen LogP contribution in [0.4, 0.5) is 0 Å². The molecule has 0 aliphatic carbocycles. The van der Waals surface area contributed by atoms with Crippen LogP contribution in [0.3, 0.4) is 0 Å². The predicted octanol–water partition coefficient (Wildman–Crippen LogP) is 4.86. The molecule has 0 unspecified atom stereocenters. The summed E-state index contributed by atoms with van der Waals surface area (Å²) in [6.45, 7) is 5.67. The molecule has 1 atom stereocenters. The van der Waals surface area contributed by atoms with E-state index in [1.165, 1.54) is 5.56 Å². The third-order valence-corrected chi connectivity index (χ3v) is 6.93. The van der Waals surface area contributed by atoms with Gasteiger partial charge in [0.15, 0.2) is 23.0 Å². The topological polar surface area (TPSA) is 73.2 Å². The van der Waals surface area contributed by atoms with E-state index in [2.05, 4.69) is 24.1 Å². The van der Waals surface area contributed by atoms with Gasteiger partial charge in [0.25, 0.3) is 0 Å². The van der Waals surface area contributed by atoms with Crippen molar-refractivity contribution in [1.29, 1.82) is 5.26 Å². The molecule has 0 radical (unpaired) electrons. The van der Waals surface area contributed by atoms with Gasteiger partial charge in [0.05, 0.1) is 40.1 Å². The Labute approximate surface area is 210 Å². The van der Waals surface area contributed by atoms with Gasteiger partial charge in [-0.3, -0.25) is 0 Å². The maximum absolute atomic E-state index is 10.5. The zero-order chi connectivity index (χ0) is 26.1. The number of benzene rings is 2. The van der Waals surface area contributed by atoms with Gasteiger partial charge in [0.2, 0.25) is 0 Å². The van der Waals surface area contributed by atoms with Gasteiger partial charge in [0.1, 0.15) is 5.41 Å². The molecule has 2 rings (SSSR count). The summed E-state index contributed by atoms with van der Waals surface area (Å²) in [5.74, 6) is 2.70. The molecule has 0 amide bonds. The lowest BCUT2D eigenvalue weighted by Gasteiger charge is -2.41. The Bertz CT molecular complexity index is 1000. The highest BCUT2D eigenvalue weighted by molar-refractivity contribution is 5.48. The van der Waals surface area contributed by atoms with E-state index in [9.17, 15) is 5.26 Å². The second-order valence-electron chi connectivity index (χ2n) is 9.15. The monoisotopic (exact) mass is 484 g/mol. The summed E-state index contributed by atoms with van der Waals surface area (Å²) in [6.07, 6.45) is 2.36. The van der Waals surface area contributed by atoms with Gasteiger partial charge < -0.3 is 28.6 Å². The highest BCUT2D eigenvalue weighted by atomic mass is 16.5. The Kier molecular flexibility index (Phi) is 10.2. The Morgan fingerprint density at radius 2 is 1.37 bits per heavy atom. The Balaban J connectivity index is 2.13. The van der Waals surface area contributed by atoms with E-state index in [4.69, 9.17) is 23.7 Å². The number of likely N-dealkylation sites (N-methyl/N-ethyl adjacent to an activating group) is 1. The van der Waals surface area contributed by atoms with Gasteiger partial charge in [-0.05, 0) is 82.1 Å². The van der Waals surface area contributed by atoms with Crippen molar-refractivity contribution in [1.82, 2.24) is 4.90 Å². The van der Waals surface area contributed by atoms with Crippen LogP contribution in [0.15, 0.2) is 36.4 Å². The summed E-state index contributed by atoms with van der Waals surface area (Å²) >= 11 is 0. The van der Waals surface area contributed by atoms with Crippen LogP contribution in [-0.2, 0) is 16.6 Å². The maximum atomic E-state index is 10.5. The number of ether oxygens (including phenoxy) is 5. The third kappa shape index (κ3) is 6.39. The Morgan fingerprint density at radius 1 is 0.800 bits per heavy atom. The Morgan fingerprint density at radius 3 is 1.91 bits per heavy atom. The highest BCUT2D eigenvalue weighted by Crippen LogP contribution is 2.44. The molecule has 0 fully saturated rings. The first-order valence-electron chi connectivity index (χ1n) is 11.8. The number of nitrogens with zero attached hydrogens (tertiary/aromatic N) is 2. The minimum atomic E-state index is -0.856. The van der Waals surface area contributed by atoms with Gasteiger partial charge in [0, 0.05) is 13.7 Å². The van der Waals surface area contributed by atoms with E-state index < -0.39 is 11.0 Å². The van der Waals surface area contributed by atoms with Crippen LogP contribution >= 0.6 is 0 Å². The fraction of sp³-hybridized carbons (Fsp3) is 0.536. The number of hydrogen-bond acceptors (Lipinski definition) is 7. The van der Waals surface area contributed by atoms with Crippen LogP contribution in [0.25, 0.3) is 0 Å². The average Bonchev–Trinajstić information content (AvgIpc) is 2.89. The van der Waals surface area contributed by atoms with Crippen molar-refractivity contribution < 1.29 is 23.7 Å². The van der Waals surface area contributed by atoms with E-state index in [-0.39, 0.29) is 0 Å². The smallest absolute Gasteiger partial charge is 0.161 e. The molecule has 0 spiro atoms. The third-order valence-electron chi connectivity index (χ3n) is 6.93. The highest BCUT2D eigenvalue weighted by Gasteiger charge is 2.47. The minimum Gasteiger partial charge on any atom is -0.493 e. The van der Waals surface area contributed by atoms with Gasteiger partial charge in [-0.1, -0.05) is 12.1 Å². The fourth-order valence-electron chi connectivity index (χ4n) is 4.41. The quantitative estimate of drug-likeness (QED) is 0.379. The maximum Gasteiger partial charge on any atom is 0.161 e. The molecule has 0 saturated heterocycles. The van der Waals surface area contributed by atoms with Crippen molar-refractivity contribution >= 4 is 0 Å². The molecule has 2 aromatic carbocycles. The largest absolute Gasteiger partial charge is 0.493 e.